The van der Waals surface area contributed by atoms with Gasteiger partial charge in [-0.3, -0.25) is 9.80 Å². The zero-order valence-corrected chi connectivity index (χ0v) is 13.6. The van der Waals surface area contributed by atoms with Crippen LogP contribution in [0.2, 0.25) is 0 Å². The van der Waals surface area contributed by atoms with E-state index >= 15 is 0 Å². The van der Waals surface area contributed by atoms with Gasteiger partial charge in [-0.1, -0.05) is 6.42 Å². The van der Waals surface area contributed by atoms with Crippen LogP contribution in [0.1, 0.15) is 40.6 Å². The number of nitrogens with two attached hydrogens (primary N) is 1. The minimum absolute atomic E-state index is 0.420. The van der Waals surface area contributed by atoms with E-state index in [0.717, 1.165) is 12.6 Å². The van der Waals surface area contributed by atoms with Crippen molar-refractivity contribution in [3.8, 4) is 0 Å². The third kappa shape index (κ3) is 2.80. The maximum atomic E-state index is 6.13. The maximum Gasteiger partial charge on any atom is 0.0482 e. The van der Waals surface area contributed by atoms with Gasteiger partial charge in [-0.25, -0.2) is 0 Å². The monoisotopic (exact) mass is 293 g/mol. The Kier molecular flexibility index (Phi) is 4.46. The van der Waals surface area contributed by atoms with Crippen molar-refractivity contribution < 1.29 is 0 Å². The highest BCUT2D eigenvalue weighted by Gasteiger charge is 2.32. The summed E-state index contributed by atoms with van der Waals surface area (Å²) >= 11 is 1.91. The average molecular weight is 293 g/mol. The Morgan fingerprint density at radius 1 is 1.30 bits per heavy atom. The van der Waals surface area contributed by atoms with Crippen molar-refractivity contribution in [2.45, 2.75) is 45.2 Å². The van der Waals surface area contributed by atoms with E-state index < -0.39 is 0 Å². The summed E-state index contributed by atoms with van der Waals surface area (Å²) in [6, 6.07) is 3.54. The van der Waals surface area contributed by atoms with Crippen molar-refractivity contribution in [3.63, 3.8) is 0 Å². The number of piperazine rings is 1. The topological polar surface area (TPSA) is 32.5 Å². The van der Waals surface area contributed by atoms with Gasteiger partial charge in [0.25, 0.3) is 0 Å². The van der Waals surface area contributed by atoms with E-state index in [4.69, 9.17) is 5.73 Å². The van der Waals surface area contributed by atoms with Crippen LogP contribution in [0.4, 0.5) is 0 Å². The van der Waals surface area contributed by atoms with Crippen molar-refractivity contribution in [1.82, 2.24) is 9.80 Å². The van der Waals surface area contributed by atoms with Gasteiger partial charge in [0.15, 0.2) is 0 Å². The van der Waals surface area contributed by atoms with Gasteiger partial charge >= 0.3 is 0 Å². The maximum absolute atomic E-state index is 6.13. The lowest BCUT2D eigenvalue weighted by Crippen LogP contribution is -2.56. The van der Waals surface area contributed by atoms with E-state index in [1.807, 2.05) is 11.3 Å². The van der Waals surface area contributed by atoms with E-state index in [-0.39, 0.29) is 0 Å². The fraction of sp³-hybridized carbons (Fsp3) is 0.750. The second kappa shape index (κ2) is 6.14. The van der Waals surface area contributed by atoms with Gasteiger partial charge in [0.2, 0.25) is 0 Å². The molecule has 0 aliphatic carbocycles. The van der Waals surface area contributed by atoms with Gasteiger partial charge < -0.3 is 5.73 Å². The molecule has 3 heterocycles. The van der Waals surface area contributed by atoms with Crippen LogP contribution in [0.15, 0.2) is 6.07 Å². The van der Waals surface area contributed by atoms with E-state index in [1.165, 1.54) is 60.8 Å². The van der Waals surface area contributed by atoms with Gasteiger partial charge in [-0.2, -0.15) is 0 Å². The first-order valence-corrected chi connectivity index (χ1v) is 8.76. The highest BCUT2D eigenvalue weighted by atomic mass is 32.1. The Balaban J connectivity index is 1.75. The quantitative estimate of drug-likeness (QED) is 0.929. The van der Waals surface area contributed by atoms with Gasteiger partial charge in [-0.05, 0) is 44.9 Å². The minimum Gasteiger partial charge on any atom is -0.329 e. The number of rotatable bonds is 3. The molecule has 0 radical (unpaired) electrons. The molecule has 0 aromatic carbocycles. The van der Waals surface area contributed by atoms with Gasteiger partial charge in [0, 0.05) is 48.0 Å². The van der Waals surface area contributed by atoms with Crippen molar-refractivity contribution in [1.29, 1.82) is 0 Å². The molecule has 2 saturated heterocycles. The van der Waals surface area contributed by atoms with E-state index in [9.17, 15) is 0 Å². The molecule has 0 bridgehead atoms. The number of nitrogens with zero attached hydrogens (tertiary/aromatic N) is 2. The van der Waals surface area contributed by atoms with Crippen LogP contribution in [0.25, 0.3) is 0 Å². The molecular weight excluding hydrogens is 266 g/mol. The van der Waals surface area contributed by atoms with E-state index in [1.54, 1.807) is 0 Å². The molecule has 4 heteroatoms. The SMILES string of the molecule is Cc1cc(C(CN)N2CCN3CCCCC3C2)c(C)s1. The molecule has 0 amide bonds. The molecule has 0 saturated carbocycles. The molecule has 2 aliphatic rings. The number of hydrogen-bond donors (Lipinski definition) is 1. The number of piperidine rings is 1. The molecule has 2 N–H and O–H groups in total. The summed E-state index contributed by atoms with van der Waals surface area (Å²) in [6.45, 7) is 10.1. The Bertz CT molecular complexity index is 457. The molecule has 2 fully saturated rings. The van der Waals surface area contributed by atoms with Crippen molar-refractivity contribution in [3.05, 3.63) is 21.4 Å². The lowest BCUT2D eigenvalue weighted by molar-refractivity contribution is 0.0286. The first kappa shape index (κ1) is 14.5. The fourth-order valence-electron chi connectivity index (χ4n) is 3.92. The largest absolute Gasteiger partial charge is 0.329 e. The summed E-state index contributed by atoms with van der Waals surface area (Å²) in [4.78, 5) is 8.19. The normalized spacial score (nSPS) is 26.4. The number of fused-ring (bicyclic) bond motifs is 1. The second-order valence-corrected chi connectivity index (χ2v) is 7.76. The molecule has 20 heavy (non-hydrogen) atoms. The smallest absolute Gasteiger partial charge is 0.0482 e. The first-order chi connectivity index (χ1) is 9.69. The van der Waals surface area contributed by atoms with Crippen LogP contribution >= 0.6 is 11.3 Å². The van der Waals surface area contributed by atoms with Crippen LogP contribution in [-0.2, 0) is 0 Å². The molecule has 3 nitrogen and oxygen atoms in total. The molecule has 2 unspecified atom stereocenters. The first-order valence-electron chi connectivity index (χ1n) is 7.94. The molecule has 1 aromatic rings. The van der Waals surface area contributed by atoms with Gasteiger partial charge in [0.05, 0.1) is 0 Å². The summed E-state index contributed by atoms with van der Waals surface area (Å²) in [5.41, 5.74) is 7.60. The highest BCUT2D eigenvalue weighted by molar-refractivity contribution is 7.12. The average Bonchev–Trinajstić information content (AvgIpc) is 2.78. The second-order valence-electron chi connectivity index (χ2n) is 6.30. The highest BCUT2D eigenvalue weighted by Crippen LogP contribution is 2.32. The third-order valence-corrected chi connectivity index (χ3v) is 5.95. The standard InChI is InChI=1S/C16H27N3S/c1-12-9-15(13(2)20-12)16(10-17)19-8-7-18-6-4-3-5-14(18)11-19/h9,14,16H,3-8,10-11,17H2,1-2H3. The number of thiophene rings is 1. The summed E-state index contributed by atoms with van der Waals surface area (Å²) in [5, 5.41) is 0. The lowest BCUT2D eigenvalue weighted by atomic mass is 9.97. The predicted molar refractivity (Wildman–Crippen MR) is 86.4 cm³/mol. The molecule has 3 rings (SSSR count). The fourth-order valence-corrected chi connectivity index (χ4v) is 4.90. The molecule has 112 valence electrons. The Labute approximate surface area is 126 Å². The van der Waals surface area contributed by atoms with Crippen LogP contribution in [-0.4, -0.2) is 48.6 Å². The van der Waals surface area contributed by atoms with Gasteiger partial charge in [0.1, 0.15) is 0 Å². The van der Waals surface area contributed by atoms with Crippen LogP contribution in [0.3, 0.4) is 0 Å². The summed E-state index contributed by atoms with van der Waals surface area (Å²) in [7, 11) is 0. The van der Waals surface area contributed by atoms with Gasteiger partial charge in [-0.15, -0.1) is 11.3 Å². The summed E-state index contributed by atoms with van der Waals surface area (Å²) in [6.07, 6.45) is 4.16. The van der Waals surface area contributed by atoms with Crippen molar-refractivity contribution >= 4 is 11.3 Å². The van der Waals surface area contributed by atoms with Crippen LogP contribution in [0.5, 0.6) is 0 Å². The van der Waals surface area contributed by atoms with Crippen LogP contribution in [0, 0.1) is 13.8 Å². The summed E-state index contributed by atoms with van der Waals surface area (Å²) < 4.78 is 0. The van der Waals surface area contributed by atoms with Crippen molar-refractivity contribution in [2.24, 2.45) is 5.73 Å². The summed E-state index contributed by atoms with van der Waals surface area (Å²) in [5.74, 6) is 0. The Hall–Kier alpha value is -0.420. The minimum atomic E-state index is 0.420. The molecule has 2 aliphatic heterocycles. The Morgan fingerprint density at radius 2 is 2.15 bits per heavy atom. The predicted octanol–water partition coefficient (Wildman–Crippen LogP) is 2.53. The van der Waals surface area contributed by atoms with E-state index in [2.05, 4.69) is 29.7 Å². The number of hydrogen-bond acceptors (Lipinski definition) is 4. The number of aryl methyl sites for hydroxylation is 2. The van der Waals surface area contributed by atoms with Crippen molar-refractivity contribution in [2.75, 3.05) is 32.7 Å². The lowest BCUT2D eigenvalue weighted by Gasteiger charge is -2.46. The molecular formula is C16H27N3S. The van der Waals surface area contributed by atoms with Crippen LogP contribution < -0.4 is 5.73 Å². The molecule has 0 spiro atoms. The molecule has 1 aromatic heterocycles. The Morgan fingerprint density at radius 3 is 2.85 bits per heavy atom. The zero-order valence-electron chi connectivity index (χ0n) is 12.8. The zero-order chi connectivity index (χ0) is 14.1. The third-order valence-electron chi connectivity index (χ3n) is 4.97. The van der Waals surface area contributed by atoms with E-state index in [0.29, 0.717) is 6.04 Å². The molecule has 2 atom stereocenters.